The van der Waals surface area contributed by atoms with Crippen LogP contribution in [-0.4, -0.2) is 35.0 Å². The summed E-state index contributed by atoms with van der Waals surface area (Å²) in [6, 6.07) is 2.00. The molecule has 19 heavy (non-hydrogen) atoms. The Morgan fingerprint density at radius 3 is 3.21 bits per heavy atom. The number of carbonyl (C=O) groups excluding carboxylic acids is 1. The molecule has 0 N–H and O–H groups in total. The van der Waals surface area contributed by atoms with Gasteiger partial charge in [-0.05, 0) is 22.4 Å². The second kappa shape index (κ2) is 5.71. The molecule has 1 unspecified atom stereocenters. The number of ether oxygens (including phenoxy) is 1. The average Bonchev–Trinajstić information content (AvgIpc) is 3.10. The van der Waals surface area contributed by atoms with E-state index in [0.29, 0.717) is 18.2 Å². The highest BCUT2D eigenvalue weighted by Gasteiger charge is 2.27. The van der Waals surface area contributed by atoms with Crippen LogP contribution in [0.25, 0.3) is 0 Å². The zero-order valence-electron chi connectivity index (χ0n) is 10.3. The Balaban J connectivity index is 1.52. The predicted octanol–water partition coefficient (Wildman–Crippen LogP) is 2.43. The molecule has 0 saturated carbocycles. The van der Waals surface area contributed by atoms with E-state index in [1.54, 1.807) is 17.5 Å². The van der Waals surface area contributed by atoms with Crippen molar-refractivity contribution < 1.29 is 9.53 Å². The van der Waals surface area contributed by atoms with E-state index >= 15 is 0 Å². The highest BCUT2D eigenvalue weighted by molar-refractivity contribution is 7.11. The maximum absolute atomic E-state index is 12.1. The lowest BCUT2D eigenvalue weighted by Gasteiger charge is -2.16. The van der Waals surface area contributed by atoms with Gasteiger partial charge in [0.05, 0.1) is 13.0 Å². The van der Waals surface area contributed by atoms with E-state index < -0.39 is 0 Å². The largest absolute Gasteiger partial charge is 0.465 e. The molecule has 0 aliphatic carbocycles. The van der Waals surface area contributed by atoms with Crippen molar-refractivity contribution in [3.63, 3.8) is 0 Å². The van der Waals surface area contributed by atoms with Crippen LogP contribution >= 0.6 is 22.7 Å². The first-order valence-electron chi connectivity index (χ1n) is 6.16. The number of aromatic nitrogens is 1. The maximum atomic E-state index is 12.1. The van der Waals surface area contributed by atoms with Crippen LogP contribution in [0.5, 0.6) is 5.19 Å². The van der Waals surface area contributed by atoms with Crippen LogP contribution in [0.2, 0.25) is 0 Å². The van der Waals surface area contributed by atoms with E-state index in [-0.39, 0.29) is 12.0 Å². The Morgan fingerprint density at radius 2 is 2.47 bits per heavy atom. The maximum Gasteiger partial charge on any atom is 0.273 e. The molecule has 3 rings (SSSR count). The first-order valence-corrected chi connectivity index (χ1v) is 7.98. The van der Waals surface area contributed by atoms with E-state index in [2.05, 4.69) is 4.98 Å². The van der Waals surface area contributed by atoms with E-state index in [9.17, 15) is 4.79 Å². The summed E-state index contributed by atoms with van der Waals surface area (Å²) in [7, 11) is 0. The molecule has 1 saturated heterocycles. The molecule has 2 aromatic rings. The fourth-order valence-electron chi connectivity index (χ4n) is 2.14. The predicted molar refractivity (Wildman–Crippen MR) is 75.8 cm³/mol. The summed E-state index contributed by atoms with van der Waals surface area (Å²) in [5.41, 5.74) is 1.10. The number of nitrogens with zero attached hydrogens (tertiary/aromatic N) is 2. The Hall–Kier alpha value is -1.40. The van der Waals surface area contributed by atoms with E-state index in [4.69, 9.17) is 4.74 Å². The molecule has 3 heterocycles. The molecule has 0 radical (unpaired) electrons. The lowest BCUT2D eigenvalue weighted by molar-refractivity contribution is -0.129. The summed E-state index contributed by atoms with van der Waals surface area (Å²) in [6.45, 7) is 1.45. The minimum atomic E-state index is 0.0811. The van der Waals surface area contributed by atoms with Crippen LogP contribution < -0.4 is 4.74 Å². The third kappa shape index (κ3) is 3.13. The van der Waals surface area contributed by atoms with E-state index in [0.717, 1.165) is 18.5 Å². The van der Waals surface area contributed by atoms with Crippen LogP contribution in [0.15, 0.2) is 28.4 Å². The standard InChI is InChI=1S/C13H14N2O2S2/c16-12(7-10-2-5-18-9-10)15-4-1-11(8-15)17-13-14-3-6-19-13/h2-3,5-6,9,11H,1,4,7-8H2. The first-order chi connectivity index (χ1) is 9.31. The lowest BCUT2D eigenvalue weighted by atomic mass is 10.2. The Bertz CT molecular complexity index is 525. The van der Waals surface area contributed by atoms with Gasteiger partial charge in [-0.3, -0.25) is 4.79 Å². The number of amides is 1. The van der Waals surface area contributed by atoms with Crippen LogP contribution in [0.3, 0.4) is 0 Å². The van der Waals surface area contributed by atoms with Gasteiger partial charge >= 0.3 is 0 Å². The quantitative estimate of drug-likeness (QED) is 0.870. The second-order valence-electron chi connectivity index (χ2n) is 4.47. The molecular weight excluding hydrogens is 280 g/mol. The van der Waals surface area contributed by atoms with Crippen molar-refractivity contribution in [3.05, 3.63) is 34.0 Å². The Labute approximate surface area is 119 Å². The minimum Gasteiger partial charge on any atom is -0.465 e. The van der Waals surface area contributed by atoms with Crippen LogP contribution in [-0.2, 0) is 11.2 Å². The SMILES string of the molecule is O=C(Cc1ccsc1)N1CCC(Oc2nccs2)C1. The molecule has 0 spiro atoms. The molecule has 1 atom stereocenters. The number of likely N-dealkylation sites (tertiary alicyclic amines) is 1. The van der Waals surface area contributed by atoms with E-state index in [1.807, 2.05) is 27.1 Å². The molecule has 2 aromatic heterocycles. The normalized spacial score (nSPS) is 18.7. The summed E-state index contributed by atoms with van der Waals surface area (Å²) in [5, 5.41) is 6.61. The van der Waals surface area contributed by atoms with Gasteiger partial charge in [0.1, 0.15) is 6.10 Å². The summed E-state index contributed by atoms with van der Waals surface area (Å²) in [4.78, 5) is 18.1. The molecule has 6 heteroatoms. The Morgan fingerprint density at radius 1 is 1.53 bits per heavy atom. The van der Waals surface area contributed by atoms with Gasteiger partial charge in [0.2, 0.25) is 5.91 Å². The lowest BCUT2D eigenvalue weighted by Crippen LogP contribution is -2.32. The topological polar surface area (TPSA) is 42.4 Å². The van der Waals surface area contributed by atoms with Gasteiger partial charge in [0.25, 0.3) is 5.19 Å². The average molecular weight is 294 g/mol. The van der Waals surface area contributed by atoms with Crippen molar-refractivity contribution >= 4 is 28.6 Å². The fraction of sp³-hybridized carbons (Fsp3) is 0.385. The van der Waals surface area contributed by atoms with Gasteiger partial charge < -0.3 is 9.64 Å². The zero-order valence-corrected chi connectivity index (χ0v) is 12.0. The number of carbonyl (C=O) groups is 1. The van der Waals surface area contributed by atoms with E-state index in [1.165, 1.54) is 11.3 Å². The summed E-state index contributed by atoms with van der Waals surface area (Å²) in [5.74, 6) is 0.184. The molecular formula is C13H14N2O2S2. The third-order valence-corrected chi connectivity index (χ3v) is 4.50. The molecule has 0 bridgehead atoms. The fourth-order valence-corrected chi connectivity index (χ4v) is 3.36. The first kappa shape index (κ1) is 12.6. The van der Waals surface area contributed by atoms with Crippen molar-refractivity contribution in [1.29, 1.82) is 0 Å². The molecule has 1 amide bonds. The summed E-state index contributed by atoms with van der Waals surface area (Å²) in [6.07, 6.45) is 3.19. The smallest absolute Gasteiger partial charge is 0.273 e. The summed E-state index contributed by atoms with van der Waals surface area (Å²) >= 11 is 3.11. The minimum absolute atomic E-state index is 0.0811. The van der Waals surface area contributed by atoms with Gasteiger partial charge in [-0.2, -0.15) is 11.3 Å². The molecule has 4 nitrogen and oxygen atoms in total. The van der Waals surface area contributed by atoms with Gasteiger partial charge in [0, 0.05) is 24.5 Å². The van der Waals surface area contributed by atoms with Crippen LogP contribution in [0.4, 0.5) is 0 Å². The van der Waals surface area contributed by atoms with Crippen molar-refractivity contribution in [2.75, 3.05) is 13.1 Å². The number of hydrogen-bond donors (Lipinski definition) is 0. The molecule has 1 aliphatic heterocycles. The van der Waals surface area contributed by atoms with Gasteiger partial charge in [-0.1, -0.05) is 11.3 Å². The molecule has 100 valence electrons. The van der Waals surface area contributed by atoms with Gasteiger partial charge in [-0.15, -0.1) is 0 Å². The molecule has 1 fully saturated rings. The van der Waals surface area contributed by atoms with Crippen molar-refractivity contribution in [3.8, 4) is 5.19 Å². The third-order valence-electron chi connectivity index (χ3n) is 3.11. The Kier molecular flexibility index (Phi) is 3.79. The van der Waals surface area contributed by atoms with Crippen molar-refractivity contribution in [2.45, 2.75) is 18.9 Å². The van der Waals surface area contributed by atoms with Crippen molar-refractivity contribution in [2.24, 2.45) is 0 Å². The highest BCUT2D eigenvalue weighted by atomic mass is 32.1. The molecule has 0 aromatic carbocycles. The van der Waals surface area contributed by atoms with Crippen LogP contribution in [0, 0.1) is 0 Å². The van der Waals surface area contributed by atoms with Gasteiger partial charge in [0.15, 0.2) is 0 Å². The molecule has 1 aliphatic rings. The highest BCUT2D eigenvalue weighted by Crippen LogP contribution is 2.21. The van der Waals surface area contributed by atoms with Gasteiger partial charge in [-0.25, -0.2) is 4.98 Å². The number of rotatable bonds is 4. The zero-order chi connectivity index (χ0) is 13.1. The monoisotopic (exact) mass is 294 g/mol. The summed E-state index contributed by atoms with van der Waals surface area (Å²) < 4.78 is 5.75. The van der Waals surface area contributed by atoms with Crippen LogP contribution in [0.1, 0.15) is 12.0 Å². The number of thiophene rings is 1. The second-order valence-corrected chi connectivity index (χ2v) is 6.11. The number of thiazole rings is 1. The van der Waals surface area contributed by atoms with Crippen molar-refractivity contribution in [1.82, 2.24) is 9.88 Å². The number of hydrogen-bond acceptors (Lipinski definition) is 5.